The minimum Gasteiger partial charge on any atom is -0.484 e. The van der Waals surface area contributed by atoms with E-state index in [9.17, 15) is 10.1 Å². The molecule has 1 saturated carbocycles. The van der Waals surface area contributed by atoms with Crippen LogP contribution in [-0.4, -0.2) is 17.6 Å². The van der Waals surface area contributed by atoms with Gasteiger partial charge in [0, 0.05) is 12.6 Å². The zero-order chi connectivity index (χ0) is 14.4. The maximum absolute atomic E-state index is 11.2. The average Bonchev–Trinajstić information content (AvgIpc) is 2.93. The lowest BCUT2D eigenvalue weighted by atomic mass is 10.2. The van der Waals surface area contributed by atoms with E-state index in [1.165, 1.54) is 0 Å². The smallest absolute Gasteiger partial charge is 0.311 e. The SMILES string of the molecule is CCCNCc1ccc(OC2CCCC2)c([N+](=O)[O-])c1. The van der Waals surface area contributed by atoms with Crippen LogP contribution in [0.3, 0.4) is 0 Å². The number of nitrogens with one attached hydrogen (secondary N) is 1. The normalized spacial score (nSPS) is 15.4. The first kappa shape index (κ1) is 14.8. The number of hydrogen-bond acceptors (Lipinski definition) is 4. The molecule has 0 atom stereocenters. The van der Waals surface area contributed by atoms with E-state index >= 15 is 0 Å². The van der Waals surface area contributed by atoms with Crippen LogP contribution in [0.1, 0.15) is 44.6 Å². The van der Waals surface area contributed by atoms with Crippen molar-refractivity contribution in [1.82, 2.24) is 5.32 Å². The Morgan fingerprint density at radius 3 is 2.80 bits per heavy atom. The molecule has 1 aliphatic carbocycles. The topological polar surface area (TPSA) is 64.4 Å². The molecule has 0 aliphatic heterocycles. The van der Waals surface area contributed by atoms with Gasteiger partial charge in [-0.15, -0.1) is 0 Å². The van der Waals surface area contributed by atoms with E-state index in [1.807, 2.05) is 6.07 Å². The summed E-state index contributed by atoms with van der Waals surface area (Å²) < 4.78 is 5.79. The largest absolute Gasteiger partial charge is 0.484 e. The van der Waals surface area contributed by atoms with Gasteiger partial charge in [-0.1, -0.05) is 13.0 Å². The molecular formula is C15H22N2O3. The Labute approximate surface area is 119 Å². The molecular weight excluding hydrogens is 256 g/mol. The highest BCUT2D eigenvalue weighted by molar-refractivity contribution is 5.48. The molecule has 0 radical (unpaired) electrons. The lowest BCUT2D eigenvalue weighted by Gasteiger charge is -2.13. The number of nitro groups is 1. The van der Waals surface area contributed by atoms with Gasteiger partial charge in [-0.2, -0.15) is 0 Å². The fraction of sp³-hybridized carbons (Fsp3) is 0.600. The molecule has 0 spiro atoms. The molecule has 5 heteroatoms. The zero-order valence-corrected chi connectivity index (χ0v) is 11.9. The number of ether oxygens (including phenoxy) is 1. The molecule has 20 heavy (non-hydrogen) atoms. The fourth-order valence-electron chi connectivity index (χ4n) is 2.51. The van der Waals surface area contributed by atoms with Crippen LogP contribution in [0, 0.1) is 10.1 Å². The summed E-state index contributed by atoms with van der Waals surface area (Å²) in [6.07, 6.45) is 5.48. The average molecular weight is 278 g/mol. The molecule has 1 N–H and O–H groups in total. The van der Waals surface area contributed by atoms with Crippen LogP contribution in [0.5, 0.6) is 5.75 Å². The predicted octanol–water partition coefficient (Wildman–Crippen LogP) is 3.42. The van der Waals surface area contributed by atoms with Crippen molar-refractivity contribution < 1.29 is 9.66 Å². The van der Waals surface area contributed by atoms with Crippen LogP contribution in [0.4, 0.5) is 5.69 Å². The first-order chi connectivity index (χ1) is 9.70. The van der Waals surface area contributed by atoms with Crippen LogP contribution in [0.15, 0.2) is 18.2 Å². The van der Waals surface area contributed by atoms with Gasteiger partial charge in [0.05, 0.1) is 11.0 Å². The highest BCUT2D eigenvalue weighted by Gasteiger charge is 2.22. The van der Waals surface area contributed by atoms with Gasteiger partial charge in [-0.25, -0.2) is 0 Å². The first-order valence-electron chi connectivity index (χ1n) is 7.35. The van der Waals surface area contributed by atoms with Crippen molar-refractivity contribution in [2.45, 2.75) is 51.7 Å². The highest BCUT2D eigenvalue weighted by Crippen LogP contribution is 2.32. The van der Waals surface area contributed by atoms with Gasteiger partial charge < -0.3 is 10.1 Å². The molecule has 0 unspecified atom stereocenters. The van der Waals surface area contributed by atoms with Crippen molar-refractivity contribution in [3.63, 3.8) is 0 Å². The number of rotatable bonds is 7. The molecule has 5 nitrogen and oxygen atoms in total. The molecule has 1 aromatic rings. The third-order valence-corrected chi connectivity index (χ3v) is 3.57. The van der Waals surface area contributed by atoms with Gasteiger partial charge in [0.25, 0.3) is 0 Å². The summed E-state index contributed by atoms with van der Waals surface area (Å²) in [7, 11) is 0. The van der Waals surface area contributed by atoms with Crippen LogP contribution in [-0.2, 0) is 6.54 Å². The Hall–Kier alpha value is -1.62. The van der Waals surface area contributed by atoms with E-state index in [0.717, 1.165) is 44.2 Å². The van der Waals surface area contributed by atoms with E-state index < -0.39 is 0 Å². The molecule has 110 valence electrons. The summed E-state index contributed by atoms with van der Waals surface area (Å²) >= 11 is 0. The second-order valence-electron chi connectivity index (χ2n) is 5.26. The first-order valence-corrected chi connectivity index (χ1v) is 7.35. The maximum atomic E-state index is 11.2. The van der Waals surface area contributed by atoms with Crippen molar-refractivity contribution in [2.75, 3.05) is 6.54 Å². The predicted molar refractivity (Wildman–Crippen MR) is 78.0 cm³/mol. The van der Waals surface area contributed by atoms with Gasteiger partial charge in [0.15, 0.2) is 5.75 Å². The molecule has 0 bridgehead atoms. The number of hydrogen-bond donors (Lipinski definition) is 1. The Balaban J connectivity index is 2.08. The number of nitrogens with zero attached hydrogens (tertiary/aromatic N) is 1. The van der Waals surface area contributed by atoms with Gasteiger partial charge in [-0.3, -0.25) is 10.1 Å². The van der Waals surface area contributed by atoms with E-state index in [0.29, 0.717) is 12.3 Å². The molecule has 1 fully saturated rings. The molecule has 0 aromatic heterocycles. The lowest BCUT2D eigenvalue weighted by molar-refractivity contribution is -0.386. The summed E-state index contributed by atoms with van der Waals surface area (Å²) in [5, 5.41) is 14.4. The van der Waals surface area contributed by atoms with Gasteiger partial charge in [-0.05, 0) is 50.3 Å². The van der Waals surface area contributed by atoms with Crippen molar-refractivity contribution in [2.24, 2.45) is 0 Å². The minimum absolute atomic E-state index is 0.0766. The molecule has 0 heterocycles. The molecule has 1 aliphatic rings. The number of benzene rings is 1. The van der Waals surface area contributed by atoms with E-state index in [1.54, 1.807) is 12.1 Å². The number of nitro benzene ring substituents is 1. The second kappa shape index (κ2) is 7.24. The third-order valence-electron chi connectivity index (χ3n) is 3.57. The van der Waals surface area contributed by atoms with Crippen molar-refractivity contribution >= 4 is 5.69 Å². The van der Waals surface area contributed by atoms with Gasteiger partial charge >= 0.3 is 5.69 Å². The van der Waals surface area contributed by atoms with Crippen molar-refractivity contribution in [1.29, 1.82) is 0 Å². The summed E-state index contributed by atoms with van der Waals surface area (Å²) in [5.74, 6) is 0.404. The van der Waals surface area contributed by atoms with Gasteiger partial charge in [0.2, 0.25) is 0 Å². The lowest BCUT2D eigenvalue weighted by Crippen LogP contribution is -2.15. The van der Waals surface area contributed by atoms with Crippen molar-refractivity contribution in [3.8, 4) is 5.75 Å². The minimum atomic E-state index is -0.354. The maximum Gasteiger partial charge on any atom is 0.311 e. The quantitative estimate of drug-likeness (QED) is 0.471. The fourth-order valence-corrected chi connectivity index (χ4v) is 2.51. The molecule has 0 amide bonds. The van der Waals surface area contributed by atoms with Crippen LogP contribution in [0.2, 0.25) is 0 Å². The van der Waals surface area contributed by atoms with Crippen LogP contribution < -0.4 is 10.1 Å². The van der Waals surface area contributed by atoms with Crippen LogP contribution >= 0.6 is 0 Å². The third kappa shape index (κ3) is 3.93. The Morgan fingerprint density at radius 2 is 2.15 bits per heavy atom. The highest BCUT2D eigenvalue weighted by atomic mass is 16.6. The van der Waals surface area contributed by atoms with Gasteiger partial charge in [0.1, 0.15) is 0 Å². The van der Waals surface area contributed by atoms with Crippen molar-refractivity contribution in [3.05, 3.63) is 33.9 Å². The molecule has 1 aromatic carbocycles. The zero-order valence-electron chi connectivity index (χ0n) is 11.9. The Kier molecular flexibility index (Phi) is 5.35. The monoisotopic (exact) mass is 278 g/mol. The Morgan fingerprint density at radius 1 is 1.40 bits per heavy atom. The standard InChI is InChI=1S/C15H22N2O3/c1-2-9-16-11-12-7-8-15(14(10-12)17(18)19)20-13-5-3-4-6-13/h7-8,10,13,16H,2-6,9,11H2,1H3. The second-order valence-corrected chi connectivity index (χ2v) is 5.26. The van der Waals surface area contributed by atoms with E-state index in [2.05, 4.69) is 12.2 Å². The van der Waals surface area contributed by atoms with E-state index in [-0.39, 0.29) is 16.7 Å². The summed E-state index contributed by atoms with van der Waals surface area (Å²) in [5.41, 5.74) is 0.997. The van der Waals surface area contributed by atoms with E-state index in [4.69, 9.17) is 4.74 Å². The summed E-state index contributed by atoms with van der Waals surface area (Å²) in [6.45, 7) is 3.65. The summed E-state index contributed by atoms with van der Waals surface area (Å²) in [4.78, 5) is 10.8. The summed E-state index contributed by atoms with van der Waals surface area (Å²) in [6, 6.07) is 5.26. The molecule has 0 saturated heterocycles. The van der Waals surface area contributed by atoms with Crippen LogP contribution in [0.25, 0.3) is 0 Å². The molecule has 2 rings (SSSR count). The Bertz CT molecular complexity index is 456.